The Morgan fingerprint density at radius 2 is 2.05 bits per heavy atom. The lowest BCUT2D eigenvalue weighted by Gasteiger charge is -2.37. The van der Waals surface area contributed by atoms with E-state index in [1.165, 1.54) is 18.4 Å². The van der Waals surface area contributed by atoms with E-state index in [0.29, 0.717) is 5.96 Å². The summed E-state index contributed by atoms with van der Waals surface area (Å²) in [5.74, 6) is 2.36. The van der Waals surface area contributed by atoms with E-state index < -0.39 is 0 Å². The third-order valence-electron chi connectivity index (χ3n) is 4.27. The van der Waals surface area contributed by atoms with E-state index in [9.17, 15) is 0 Å². The second-order valence-corrected chi connectivity index (χ2v) is 5.73. The molecule has 1 aromatic carbocycles. The second-order valence-electron chi connectivity index (χ2n) is 5.73. The van der Waals surface area contributed by atoms with Crippen molar-refractivity contribution in [2.24, 2.45) is 16.6 Å². The first kappa shape index (κ1) is 12.3. The molecule has 1 saturated carbocycles. The van der Waals surface area contributed by atoms with Gasteiger partial charge in [0, 0.05) is 6.54 Å². The number of methoxy groups -OCH3 is 1. The smallest absolute Gasteiger partial charge is 0.192 e. The summed E-state index contributed by atoms with van der Waals surface area (Å²) in [5, 5.41) is 0. The van der Waals surface area contributed by atoms with E-state index in [1.54, 1.807) is 7.11 Å². The van der Waals surface area contributed by atoms with Crippen LogP contribution in [0.5, 0.6) is 5.75 Å². The highest BCUT2D eigenvalue weighted by Gasteiger charge is 2.41. The van der Waals surface area contributed by atoms with Crippen LogP contribution in [0, 0.1) is 5.92 Å². The number of hydrogen-bond donors (Lipinski definition) is 1. The summed E-state index contributed by atoms with van der Waals surface area (Å²) < 4.78 is 5.22. The van der Waals surface area contributed by atoms with Crippen molar-refractivity contribution in [2.75, 3.05) is 20.2 Å². The Morgan fingerprint density at radius 3 is 2.63 bits per heavy atom. The lowest BCUT2D eigenvalue weighted by molar-refractivity contribution is 0.217. The van der Waals surface area contributed by atoms with Gasteiger partial charge in [-0.15, -0.1) is 0 Å². The van der Waals surface area contributed by atoms with Crippen molar-refractivity contribution >= 4 is 5.96 Å². The van der Waals surface area contributed by atoms with Crippen LogP contribution < -0.4 is 10.5 Å². The van der Waals surface area contributed by atoms with Gasteiger partial charge in [-0.1, -0.05) is 12.1 Å². The van der Waals surface area contributed by atoms with Crippen molar-refractivity contribution in [3.63, 3.8) is 0 Å². The van der Waals surface area contributed by atoms with Crippen LogP contribution in [0.4, 0.5) is 0 Å². The highest BCUT2D eigenvalue weighted by molar-refractivity contribution is 5.81. The second kappa shape index (κ2) is 4.44. The van der Waals surface area contributed by atoms with Crippen molar-refractivity contribution in [3.05, 3.63) is 29.8 Å². The summed E-state index contributed by atoms with van der Waals surface area (Å²) in [6.07, 6.45) is 2.64. The molecule has 1 aliphatic heterocycles. The Hall–Kier alpha value is -1.71. The molecule has 0 spiro atoms. The van der Waals surface area contributed by atoms with Gasteiger partial charge in [0.1, 0.15) is 5.75 Å². The number of nitrogens with zero attached hydrogens (tertiary/aromatic N) is 2. The summed E-state index contributed by atoms with van der Waals surface area (Å²) in [7, 11) is 1.69. The van der Waals surface area contributed by atoms with Crippen LogP contribution in [0.2, 0.25) is 0 Å². The highest BCUT2D eigenvalue weighted by Crippen LogP contribution is 2.38. The lowest BCUT2D eigenvalue weighted by atomic mass is 9.91. The quantitative estimate of drug-likeness (QED) is 0.899. The van der Waals surface area contributed by atoms with Crippen molar-refractivity contribution in [1.29, 1.82) is 0 Å². The SMILES string of the molecule is COc1ccc(C2(C)CN=C(N)N2CC2CC2)cc1. The molecule has 0 saturated heterocycles. The summed E-state index contributed by atoms with van der Waals surface area (Å²) in [6, 6.07) is 8.24. The van der Waals surface area contributed by atoms with Crippen LogP contribution in [0.25, 0.3) is 0 Å². The molecule has 0 radical (unpaired) electrons. The Balaban J connectivity index is 1.87. The van der Waals surface area contributed by atoms with Crippen molar-refractivity contribution in [1.82, 2.24) is 4.90 Å². The maximum Gasteiger partial charge on any atom is 0.192 e. The molecule has 4 nitrogen and oxygen atoms in total. The molecular formula is C15H21N3O. The zero-order valence-corrected chi connectivity index (χ0v) is 11.6. The van der Waals surface area contributed by atoms with E-state index >= 15 is 0 Å². The molecular weight excluding hydrogens is 238 g/mol. The Labute approximate surface area is 114 Å². The number of guanidine groups is 1. The van der Waals surface area contributed by atoms with E-state index in [1.807, 2.05) is 12.1 Å². The van der Waals surface area contributed by atoms with Gasteiger partial charge in [0.2, 0.25) is 0 Å². The predicted molar refractivity (Wildman–Crippen MR) is 76.3 cm³/mol. The fourth-order valence-electron chi connectivity index (χ4n) is 2.71. The van der Waals surface area contributed by atoms with Gasteiger partial charge >= 0.3 is 0 Å². The average Bonchev–Trinajstić information content (AvgIpc) is 3.21. The molecule has 102 valence electrons. The summed E-state index contributed by atoms with van der Waals surface area (Å²) in [5.41, 5.74) is 7.21. The van der Waals surface area contributed by atoms with E-state index in [0.717, 1.165) is 24.8 Å². The van der Waals surface area contributed by atoms with Crippen molar-refractivity contribution in [2.45, 2.75) is 25.3 Å². The van der Waals surface area contributed by atoms with E-state index in [-0.39, 0.29) is 5.54 Å². The van der Waals surface area contributed by atoms with Gasteiger partial charge < -0.3 is 15.4 Å². The fourth-order valence-corrected chi connectivity index (χ4v) is 2.71. The van der Waals surface area contributed by atoms with Crippen LogP contribution in [-0.2, 0) is 5.54 Å². The molecule has 0 aromatic heterocycles. The number of rotatable bonds is 4. The minimum absolute atomic E-state index is 0.112. The number of benzene rings is 1. The summed E-state index contributed by atoms with van der Waals surface area (Å²) in [4.78, 5) is 6.73. The minimum Gasteiger partial charge on any atom is -0.497 e. The molecule has 4 heteroatoms. The van der Waals surface area contributed by atoms with Gasteiger partial charge in [0.05, 0.1) is 19.2 Å². The first-order chi connectivity index (χ1) is 9.13. The Bertz CT molecular complexity index is 493. The Morgan fingerprint density at radius 1 is 1.37 bits per heavy atom. The van der Waals surface area contributed by atoms with Crippen LogP contribution in [0.1, 0.15) is 25.3 Å². The van der Waals surface area contributed by atoms with Crippen LogP contribution in [0.3, 0.4) is 0 Å². The predicted octanol–water partition coefficient (Wildman–Crippen LogP) is 1.95. The van der Waals surface area contributed by atoms with Crippen molar-refractivity contribution < 1.29 is 4.74 Å². The Kier molecular flexibility index (Phi) is 2.88. The van der Waals surface area contributed by atoms with Gasteiger partial charge in [-0.05, 0) is 43.4 Å². The zero-order chi connectivity index (χ0) is 13.5. The van der Waals surface area contributed by atoms with Gasteiger partial charge in [0.15, 0.2) is 5.96 Å². The average molecular weight is 259 g/mol. The lowest BCUT2D eigenvalue weighted by Crippen LogP contribution is -2.48. The van der Waals surface area contributed by atoms with Crippen LogP contribution in [-0.4, -0.2) is 31.1 Å². The van der Waals surface area contributed by atoms with E-state index in [2.05, 4.69) is 28.9 Å². The molecule has 3 rings (SSSR count). The first-order valence-corrected chi connectivity index (χ1v) is 6.85. The van der Waals surface area contributed by atoms with E-state index in [4.69, 9.17) is 10.5 Å². The van der Waals surface area contributed by atoms with Gasteiger partial charge in [-0.25, -0.2) is 0 Å². The summed E-state index contributed by atoms with van der Waals surface area (Å²) in [6.45, 7) is 3.98. The molecule has 2 aliphatic rings. The molecule has 0 amide bonds. The number of hydrogen-bond acceptors (Lipinski definition) is 4. The zero-order valence-electron chi connectivity index (χ0n) is 11.6. The molecule has 19 heavy (non-hydrogen) atoms. The molecule has 1 heterocycles. The maximum atomic E-state index is 6.08. The maximum absolute atomic E-state index is 6.08. The van der Waals surface area contributed by atoms with Gasteiger partial charge in [0.25, 0.3) is 0 Å². The minimum atomic E-state index is -0.112. The number of aliphatic imine (C=N–C) groups is 1. The van der Waals surface area contributed by atoms with Gasteiger partial charge in [-0.3, -0.25) is 4.99 Å². The number of ether oxygens (including phenoxy) is 1. The summed E-state index contributed by atoms with van der Waals surface area (Å²) >= 11 is 0. The molecule has 1 aliphatic carbocycles. The van der Waals surface area contributed by atoms with Crippen LogP contribution >= 0.6 is 0 Å². The third kappa shape index (κ3) is 2.15. The number of nitrogens with two attached hydrogens (primary N) is 1. The largest absolute Gasteiger partial charge is 0.497 e. The van der Waals surface area contributed by atoms with Gasteiger partial charge in [-0.2, -0.15) is 0 Å². The fraction of sp³-hybridized carbons (Fsp3) is 0.533. The molecule has 0 bridgehead atoms. The normalized spacial score (nSPS) is 26.4. The molecule has 1 aromatic rings. The first-order valence-electron chi connectivity index (χ1n) is 6.85. The molecule has 1 unspecified atom stereocenters. The monoisotopic (exact) mass is 259 g/mol. The third-order valence-corrected chi connectivity index (χ3v) is 4.27. The molecule has 1 atom stereocenters. The topological polar surface area (TPSA) is 50.9 Å². The molecule has 2 N–H and O–H groups in total. The van der Waals surface area contributed by atoms with Crippen molar-refractivity contribution in [3.8, 4) is 5.75 Å². The highest BCUT2D eigenvalue weighted by atomic mass is 16.5. The van der Waals surface area contributed by atoms with Crippen LogP contribution in [0.15, 0.2) is 29.3 Å². The molecule has 1 fully saturated rings. The standard InChI is InChI=1S/C15H21N3O/c1-15(12-5-7-13(19-2)8-6-12)10-17-14(16)18(15)9-11-3-4-11/h5-8,11H,3-4,9-10H2,1-2H3,(H2,16,17).